The number of rotatable bonds is 9. The molecule has 0 aromatic heterocycles. The molecule has 0 fully saturated rings. The minimum atomic E-state index is 0.166. The van der Waals surface area contributed by atoms with Gasteiger partial charge in [-0.3, -0.25) is 0 Å². The Morgan fingerprint density at radius 3 is 2.61 bits per heavy atom. The molecule has 0 unspecified atom stereocenters. The number of nitrogens with one attached hydrogen (secondary N) is 2. The van der Waals surface area contributed by atoms with Gasteiger partial charge in [-0.15, -0.1) is 5.53 Å². The van der Waals surface area contributed by atoms with Crippen LogP contribution >= 0.6 is 0 Å². The monoisotopic (exact) mass is 251 g/mol. The van der Waals surface area contributed by atoms with Crippen LogP contribution in [0.4, 0.5) is 0 Å². The molecule has 98 valence electrons. The molecule has 1 aromatic rings. The summed E-state index contributed by atoms with van der Waals surface area (Å²) in [7, 11) is 0. The topological polar surface area (TPSA) is 92.5 Å². The van der Waals surface area contributed by atoms with Crippen molar-refractivity contribution in [2.45, 2.75) is 25.7 Å². The van der Waals surface area contributed by atoms with E-state index in [1.807, 2.05) is 6.07 Å². The third-order valence-electron chi connectivity index (χ3n) is 2.51. The molecule has 0 saturated heterocycles. The van der Waals surface area contributed by atoms with Crippen molar-refractivity contribution >= 4 is 0 Å². The second-order valence-electron chi connectivity index (χ2n) is 3.95. The Kier molecular flexibility index (Phi) is 6.38. The van der Waals surface area contributed by atoms with E-state index in [4.69, 9.17) is 15.8 Å². The number of aromatic hydroxyl groups is 1. The molecule has 0 amide bonds. The minimum Gasteiger partial charge on any atom is -0.504 e. The van der Waals surface area contributed by atoms with Crippen LogP contribution in [0.2, 0.25) is 0 Å². The molecule has 1 rings (SSSR count). The van der Waals surface area contributed by atoms with E-state index in [0.29, 0.717) is 18.9 Å². The minimum absolute atomic E-state index is 0.166. The van der Waals surface area contributed by atoms with E-state index < -0.39 is 0 Å². The lowest BCUT2D eigenvalue weighted by Crippen LogP contribution is -2.01. The third-order valence-corrected chi connectivity index (χ3v) is 2.51. The molecule has 0 atom stereocenters. The van der Waals surface area contributed by atoms with E-state index in [2.05, 4.69) is 5.22 Å². The normalized spacial score (nSPS) is 10.0. The van der Waals surface area contributed by atoms with Crippen molar-refractivity contribution in [1.82, 2.24) is 0 Å². The highest BCUT2D eigenvalue weighted by Crippen LogP contribution is 2.24. The van der Waals surface area contributed by atoms with Crippen LogP contribution in [-0.4, -0.2) is 23.1 Å². The van der Waals surface area contributed by atoms with Gasteiger partial charge >= 0.3 is 0 Å². The summed E-state index contributed by atoms with van der Waals surface area (Å²) in [4.78, 5) is 0.874. The zero-order valence-corrected chi connectivity index (χ0v) is 10.3. The Balaban J connectivity index is 2.04. The number of ether oxygens (including phenoxy) is 1. The molecule has 0 radical (unpaired) electrons. The highest BCUT2D eigenvalue weighted by atomic mass is 16.5. The average Bonchev–Trinajstić information content (AvgIpc) is 2.39. The highest BCUT2D eigenvalue weighted by Gasteiger charge is 2.00. The average molecular weight is 251 g/mol. The zero-order valence-electron chi connectivity index (χ0n) is 10.3. The maximum absolute atomic E-state index is 9.46. The molecule has 0 saturated carbocycles. The van der Waals surface area contributed by atoms with Gasteiger partial charge in [-0.1, -0.05) is 12.1 Å². The number of nitrogens with zero attached hydrogens (tertiary/aromatic N) is 2. The van der Waals surface area contributed by atoms with Gasteiger partial charge in [0.25, 0.3) is 0 Å². The van der Waals surface area contributed by atoms with E-state index in [1.165, 1.54) is 0 Å². The molecular formula is C12H19N4O2+. The van der Waals surface area contributed by atoms with Crippen LogP contribution in [0.25, 0.3) is 0 Å². The van der Waals surface area contributed by atoms with Gasteiger partial charge in [-0.25, -0.2) is 0 Å². The number of phenols is 1. The van der Waals surface area contributed by atoms with Crippen molar-refractivity contribution in [3.63, 3.8) is 0 Å². The van der Waals surface area contributed by atoms with Gasteiger partial charge in [0.2, 0.25) is 0 Å². The van der Waals surface area contributed by atoms with Gasteiger partial charge < -0.3 is 9.84 Å². The first-order valence-corrected chi connectivity index (χ1v) is 6.01. The lowest BCUT2D eigenvalue weighted by atomic mass is 10.2. The first-order valence-electron chi connectivity index (χ1n) is 6.01. The van der Waals surface area contributed by atoms with Crippen LogP contribution in [0.5, 0.6) is 11.5 Å². The van der Waals surface area contributed by atoms with Crippen LogP contribution in [0.15, 0.2) is 29.5 Å². The van der Waals surface area contributed by atoms with Crippen molar-refractivity contribution in [3.05, 3.63) is 24.3 Å². The predicted octanol–water partition coefficient (Wildman–Crippen LogP) is 3.32. The number of phenolic OH excluding ortho intramolecular Hbond substituents is 1. The highest BCUT2D eigenvalue weighted by molar-refractivity contribution is 5.37. The maximum atomic E-state index is 9.46. The van der Waals surface area contributed by atoms with E-state index in [0.717, 1.165) is 30.5 Å². The zero-order chi connectivity index (χ0) is 13.2. The summed E-state index contributed by atoms with van der Waals surface area (Å²) in [5.74, 6) is 0.683. The first-order chi connectivity index (χ1) is 8.74. The van der Waals surface area contributed by atoms with Gasteiger partial charge in [0.05, 0.1) is 6.61 Å². The van der Waals surface area contributed by atoms with Gasteiger partial charge in [-0.2, -0.15) is 0 Å². The number of unbranched alkanes of at least 4 members (excludes halogenated alkanes) is 3. The quantitative estimate of drug-likeness (QED) is 0.272. The largest absolute Gasteiger partial charge is 0.504 e. The number of hydrogen-bond acceptors (Lipinski definition) is 4. The van der Waals surface area contributed by atoms with Crippen LogP contribution in [-0.2, 0) is 0 Å². The maximum Gasteiger partial charge on any atom is 0.160 e. The fraction of sp³-hybridized carbons (Fsp3) is 0.500. The number of benzene rings is 1. The smallest absolute Gasteiger partial charge is 0.160 e. The molecule has 0 heterocycles. The first kappa shape index (κ1) is 14.1. The second-order valence-corrected chi connectivity index (χ2v) is 3.95. The van der Waals surface area contributed by atoms with Crippen molar-refractivity contribution in [3.8, 4) is 11.5 Å². The summed E-state index contributed by atoms with van der Waals surface area (Å²) in [6, 6.07) is 6.92. The third kappa shape index (κ3) is 5.38. The molecular weight excluding hydrogens is 232 g/mol. The van der Waals surface area contributed by atoms with E-state index in [1.54, 1.807) is 18.2 Å². The summed E-state index contributed by atoms with van der Waals surface area (Å²) in [5.41, 5.74) is 13.7. The van der Waals surface area contributed by atoms with Gasteiger partial charge in [0.15, 0.2) is 16.7 Å². The second kappa shape index (κ2) is 8.16. The fourth-order valence-electron chi connectivity index (χ4n) is 1.53. The molecule has 0 aliphatic rings. The lowest BCUT2D eigenvalue weighted by molar-refractivity contribution is -0.630. The fourth-order valence-corrected chi connectivity index (χ4v) is 1.53. The Labute approximate surface area is 106 Å². The van der Waals surface area contributed by atoms with Crippen LogP contribution in [0, 0.1) is 11.1 Å². The van der Waals surface area contributed by atoms with Crippen molar-refractivity contribution < 1.29 is 14.6 Å². The predicted molar refractivity (Wildman–Crippen MR) is 65.1 cm³/mol. The summed E-state index contributed by atoms with van der Waals surface area (Å²) in [6.45, 7) is 1.06. The Morgan fingerprint density at radius 2 is 1.89 bits per heavy atom. The number of hydrogen-bond donors (Lipinski definition) is 3. The molecule has 0 bridgehead atoms. The van der Waals surface area contributed by atoms with E-state index in [-0.39, 0.29) is 5.75 Å². The van der Waals surface area contributed by atoms with Crippen LogP contribution in [0.3, 0.4) is 0 Å². The molecule has 6 nitrogen and oxygen atoms in total. The summed E-state index contributed by atoms with van der Waals surface area (Å²) < 4.78 is 5.44. The van der Waals surface area contributed by atoms with E-state index in [9.17, 15) is 5.11 Å². The van der Waals surface area contributed by atoms with Crippen LogP contribution < -0.4 is 4.74 Å². The van der Waals surface area contributed by atoms with Crippen molar-refractivity contribution in [1.29, 1.82) is 11.1 Å². The van der Waals surface area contributed by atoms with E-state index >= 15 is 0 Å². The molecule has 6 heteroatoms. The molecule has 18 heavy (non-hydrogen) atoms. The summed E-state index contributed by atoms with van der Waals surface area (Å²) in [5, 5.41) is 12.4. The standard InChI is InChI=1S/C12H18N4O2/c13-15-16(14)9-5-1-2-6-10-18-12-8-4-3-7-11(12)17/h3-4,7-8,13-14H,1-2,5-6,9-10H2/p+1. The Morgan fingerprint density at radius 1 is 1.17 bits per heavy atom. The van der Waals surface area contributed by atoms with Gasteiger partial charge in [0.1, 0.15) is 6.54 Å². The summed E-state index contributed by atoms with van der Waals surface area (Å²) in [6.07, 6.45) is 3.74. The van der Waals surface area contributed by atoms with Crippen molar-refractivity contribution in [2.24, 2.45) is 5.22 Å². The van der Waals surface area contributed by atoms with Gasteiger partial charge in [0, 0.05) is 5.53 Å². The summed E-state index contributed by atoms with van der Waals surface area (Å²) >= 11 is 0. The molecule has 3 N–H and O–H groups in total. The Hall–Kier alpha value is -1.98. The number of para-hydroxylation sites is 2. The van der Waals surface area contributed by atoms with Crippen LogP contribution in [0.1, 0.15) is 25.7 Å². The molecule has 0 spiro atoms. The van der Waals surface area contributed by atoms with Gasteiger partial charge in [-0.05, 0) is 42.6 Å². The van der Waals surface area contributed by atoms with Crippen molar-refractivity contribution in [2.75, 3.05) is 13.2 Å². The lowest BCUT2D eigenvalue weighted by Gasteiger charge is -2.07. The molecule has 0 aliphatic heterocycles. The Bertz CT molecular complexity index is 395. The molecule has 1 aromatic carbocycles. The molecule has 0 aliphatic carbocycles. The SMILES string of the molecule is N=N[N+](=N)CCCCCCOc1ccccc1O.